The Hall–Kier alpha value is -0.910. The molecule has 0 spiro atoms. The second-order valence-corrected chi connectivity index (χ2v) is 5.56. The van der Waals surface area contributed by atoms with Crippen molar-refractivity contribution in [2.24, 2.45) is 0 Å². The molecular formula is C13H9BrCl2FNO2. The van der Waals surface area contributed by atoms with E-state index in [0.717, 1.165) is 0 Å². The quantitative estimate of drug-likeness (QED) is 0.547. The van der Waals surface area contributed by atoms with Crippen LogP contribution in [0, 0.1) is 12.7 Å². The predicted octanol–water partition coefficient (Wildman–Crippen LogP) is 4.93. The van der Waals surface area contributed by atoms with Gasteiger partial charge in [0.1, 0.15) is 16.2 Å². The zero-order valence-electron chi connectivity index (χ0n) is 10.6. The molecule has 0 saturated heterocycles. The molecule has 0 saturated carbocycles. The minimum atomic E-state index is -0.683. The molecule has 1 aromatic carbocycles. The Morgan fingerprint density at radius 1 is 1.50 bits per heavy atom. The van der Waals surface area contributed by atoms with Crippen molar-refractivity contribution in [1.29, 1.82) is 0 Å². The number of carbonyl (C=O) groups is 1. The van der Waals surface area contributed by atoms with E-state index in [2.05, 4.69) is 20.9 Å². The summed E-state index contributed by atoms with van der Waals surface area (Å²) in [7, 11) is 0. The maximum atomic E-state index is 14.2. The van der Waals surface area contributed by atoms with Gasteiger partial charge in [-0.1, -0.05) is 23.2 Å². The molecule has 0 aliphatic heterocycles. The third-order valence-electron chi connectivity index (χ3n) is 2.71. The molecular weight excluding hydrogens is 372 g/mol. The number of hydrogen-bond acceptors (Lipinski definition) is 3. The smallest absolute Gasteiger partial charge is 0.342 e. The summed E-state index contributed by atoms with van der Waals surface area (Å²) in [5, 5.41) is 0.167. The first-order valence-corrected chi connectivity index (χ1v) is 7.23. The highest BCUT2D eigenvalue weighted by atomic mass is 79.9. The first-order chi connectivity index (χ1) is 9.38. The third kappa shape index (κ3) is 2.50. The lowest BCUT2D eigenvalue weighted by Crippen LogP contribution is -2.08. The number of rotatable bonds is 2. The largest absolute Gasteiger partial charge is 0.462 e. The number of fused-ring (bicyclic) bond motifs is 1. The van der Waals surface area contributed by atoms with Crippen LogP contribution < -0.4 is 0 Å². The van der Waals surface area contributed by atoms with Crippen LogP contribution in [0.25, 0.3) is 10.9 Å². The summed E-state index contributed by atoms with van der Waals surface area (Å²) in [6.45, 7) is 3.55. The van der Waals surface area contributed by atoms with Gasteiger partial charge in [0.2, 0.25) is 0 Å². The van der Waals surface area contributed by atoms with Gasteiger partial charge in [0.05, 0.1) is 16.1 Å². The normalized spacial score (nSPS) is 10.9. The van der Waals surface area contributed by atoms with Crippen molar-refractivity contribution >= 4 is 56.0 Å². The topological polar surface area (TPSA) is 39.2 Å². The molecule has 0 atom stereocenters. The maximum Gasteiger partial charge on any atom is 0.342 e. The van der Waals surface area contributed by atoms with Gasteiger partial charge in [0.25, 0.3) is 0 Å². The van der Waals surface area contributed by atoms with E-state index in [-0.39, 0.29) is 32.3 Å². The van der Waals surface area contributed by atoms with E-state index in [1.165, 1.54) is 0 Å². The summed E-state index contributed by atoms with van der Waals surface area (Å²) < 4.78 is 19.3. The van der Waals surface area contributed by atoms with Crippen LogP contribution in [0.5, 0.6) is 0 Å². The molecule has 0 unspecified atom stereocenters. The summed E-state index contributed by atoms with van der Waals surface area (Å²) in [5.41, 5.74) is 0.588. The molecule has 2 rings (SSSR count). The van der Waals surface area contributed by atoms with Gasteiger partial charge in [-0.3, -0.25) is 0 Å². The molecule has 0 aliphatic rings. The third-order valence-corrected chi connectivity index (χ3v) is 4.35. The number of aromatic nitrogens is 1. The van der Waals surface area contributed by atoms with Crippen molar-refractivity contribution < 1.29 is 13.9 Å². The number of benzene rings is 1. The summed E-state index contributed by atoms with van der Waals surface area (Å²) in [6, 6.07) is 1.64. The predicted molar refractivity (Wildman–Crippen MR) is 80.1 cm³/mol. The highest BCUT2D eigenvalue weighted by Crippen LogP contribution is 2.36. The van der Waals surface area contributed by atoms with Gasteiger partial charge >= 0.3 is 5.97 Å². The van der Waals surface area contributed by atoms with Crippen LogP contribution in [0.1, 0.15) is 22.8 Å². The number of halogens is 4. The number of esters is 1. The minimum Gasteiger partial charge on any atom is -0.462 e. The van der Waals surface area contributed by atoms with E-state index in [9.17, 15) is 9.18 Å². The van der Waals surface area contributed by atoms with Crippen molar-refractivity contribution in [1.82, 2.24) is 4.98 Å². The van der Waals surface area contributed by atoms with E-state index in [0.29, 0.717) is 10.9 Å². The van der Waals surface area contributed by atoms with Gasteiger partial charge in [-0.05, 0) is 41.4 Å². The lowest BCUT2D eigenvalue weighted by molar-refractivity contribution is 0.0526. The van der Waals surface area contributed by atoms with Crippen LogP contribution >= 0.6 is 39.1 Å². The second kappa shape index (κ2) is 5.84. The highest BCUT2D eigenvalue weighted by Gasteiger charge is 2.23. The van der Waals surface area contributed by atoms with Crippen molar-refractivity contribution in [3.63, 3.8) is 0 Å². The number of pyridine rings is 1. The minimum absolute atomic E-state index is 0.00511. The number of hydrogen-bond donors (Lipinski definition) is 0. The Balaban J connectivity index is 2.82. The van der Waals surface area contributed by atoms with Crippen LogP contribution in [0.3, 0.4) is 0 Å². The standard InChI is InChI=1S/C13H9BrCl2FNO2/c1-3-20-13(19)7-9(15)6-4-5(2)8(14)10(17)11(6)18-12(7)16/h4H,3H2,1-2H3. The van der Waals surface area contributed by atoms with Gasteiger partial charge in [-0.15, -0.1) is 0 Å². The van der Waals surface area contributed by atoms with Gasteiger partial charge in [0, 0.05) is 5.39 Å². The number of nitrogens with zero attached hydrogens (tertiary/aromatic N) is 1. The Kier molecular flexibility index (Phi) is 4.52. The Morgan fingerprint density at radius 2 is 2.15 bits per heavy atom. The molecule has 0 N–H and O–H groups in total. The van der Waals surface area contributed by atoms with E-state index in [1.54, 1.807) is 19.9 Å². The fraction of sp³-hybridized carbons (Fsp3) is 0.231. The molecule has 0 fully saturated rings. The van der Waals surface area contributed by atoms with Gasteiger partial charge in [-0.2, -0.15) is 0 Å². The van der Waals surface area contributed by atoms with Crippen LogP contribution in [-0.2, 0) is 4.74 Å². The average Bonchev–Trinajstić information content (AvgIpc) is 2.38. The molecule has 0 aliphatic carbocycles. The van der Waals surface area contributed by atoms with Gasteiger partial charge in [0.15, 0.2) is 5.82 Å². The van der Waals surface area contributed by atoms with Gasteiger partial charge < -0.3 is 4.74 Å². The highest BCUT2D eigenvalue weighted by molar-refractivity contribution is 9.10. The van der Waals surface area contributed by atoms with E-state index in [4.69, 9.17) is 27.9 Å². The first kappa shape index (κ1) is 15.5. The summed E-state index contributed by atoms with van der Waals surface area (Å²) in [6.07, 6.45) is 0. The number of aryl methyl sites for hydroxylation is 1. The number of carbonyl (C=O) groups excluding carboxylic acids is 1. The van der Waals surface area contributed by atoms with Crippen molar-refractivity contribution in [2.45, 2.75) is 13.8 Å². The molecule has 0 radical (unpaired) electrons. The second-order valence-electron chi connectivity index (χ2n) is 4.03. The fourth-order valence-electron chi connectivity index (χ4n) is 1.78. The molecule has 7 heteroatoms. The zero-order chi connectivity index (χ0) is 15.0. The Morgan fingerprint density at radius 3 is 2.75 bits per heavy atom. The molecule has 20 heavy (non-hydrogen) atoms. The van der Waals surface area contributed by atoms with Crippen molar-refractivity contribution in [2.75, 3.05) is 6.61 Å². The van der Waals surface area contributed by atoms with E-state index in [1.807, 2.05) is 0 Å². The monoisotopic (exact) mass is 379 g/mol. The van der Waals surface area contributed by atoms with Crippen molar-refractivity contribution in [3.8, 4) is 0 Å². The molecule has 1 heterocycles. The Labute approximate surface area is 133 Å². The molecule has 1 aromatic heterocycles. The van der Waals surface area contributed by atoms with Crippen LogP contribution in [0.2, 0.25) is 10.2 Å². The maximum absolute atomic E-state index is 14.2. The zero-order valence-corrected chi connectivity index (χ0v) is 13.7. The van der Waals surface area contributed by atoms with E-state index < -0.39 is 11.8 Å². The SMILES string of the molecule is CCOC(=O)c1c(Cl)nc2c(F)c(Br)c(C)cc2c1Cl. The lowest BCUT2D eigenvalue weighted by atomic mass is 10.1. The van der Waals surface area contributed by atoms with Crippen LogP contribution in [-0.4, -0.2) is 17.6 Å². The molecule has 3 nitrogen and oxygen atoms in total. The van der Waals surface area contributed by atoms with Gasteiger partial charge in [-0.25, -0.2) is 14.2 Å². The average molecular weight is 381 g/mol. The fourth-order valence-corrected chi connectivity index (χ4v) is 2.69. The summed E-state index contributed by atoms with van der Waals surface area (Å²) in [5.74, 6) is -1.25. The summed E-state index contributed by atoms with van der Waals surface area (Å²) >= 11 is 15.2. The first-order valence-electron chi connectivity index (χ1n) is 5.68. The molecule has 2 aromatic rings. The van der Waals surface area contributed by atoms with E-state index >= 15 is 0 Å². The number of ether oxygens (including phenoxy) is 1. The van der Waals surface area contributed by atoms with Crippen molar-refractivity contribution in [3.05, 3.63) is 37.7 Å². The molecule has 106 valence electrons. The lowest BCUT2D eigenvalue weighted by Gasteiger charge is -2.11. The molecule has 0 bridgehead atoms. The van der Waals surface area contributed by atoms with Crippen LogP contribution in [0.15, 0.2) is 10.5 Å². The summed E-state index contributed by atoms with van der Waals surface area (Å²) in [4.78, 5) is 15.7. The van der Waals surface area contributed by atoms with Crippen LogP contribution in [0.4, 0.5) is 4.39 Å². The Bertz CT molecular complexity index is 722. The molecule has 0 amide bonds.